The van der Waals surface area contributed by atoms with Crippen LogP contribution in [0, 0.1) is 0 Å². The Bertz CT molecular complexity index is 1120. The van der Waals surface area contributed by atoms with Gasteiger partial charge in [0.25, 0.3) is 0 Å². The average molecular weight is 556 g/mol. The van der Waals surface area contributed by atoms with E-state index in [9.17, 15) is 9.13 Å². The van der Waals surface area contributed by atoms with Gasteiger partial charge in [0.15, 0.2) is 5.75 Å². The molecule has 8 nitrogen and oxygen atoms in total. The third-order valence-electron chi connectivity index (χ3n) is 5.06. The molecule has 2 rings (SSSR count). The van der Waals surface area contributed by atoms with E-state index in [4.69, 9.17) is 21.1 Å². The maximum atomic E-state index is 12.6. The van der Waals surface area contributed by atoms with E-state index in [1.165, 1.54) is 0 Å². The summed E-state index contributed by atoms with van der Waals surface area (Å²) in [6.45, 7) is 7.11. The zero-order valence-electron chi connectivity index (χ0n) is 21.2. The highest BCUT2D eigenvalue weighted by molar-refractivity contribution is 8.02. The number of benzene rings is 2. The van der Waals surface area contributed by atoms with Crippen molar-refractivity contribution in [2.45, 2.75) is 5.40 Å². The molecule has 1 unspecified atom stereocenters. The van der Waals surface area contributed by atoms with E-state index >= 15 is 0 Å². The molecule has 0 aromatic heterocycles. The quantitative estimate of drug-likeness (QED) is 0.190. The van der Waals surface area contributed by atoms with Crippen molar-refractivity contribution < 1.29 is 18.4 Å². The van der Waals surface area contributed by atoms with E-state index in [2.05, 4.69) is 10.2 Å². The standard InChI is InChI=1S/C23H34N4O4P3S/c1-26(18-23(33(4,5)28)34(6,7)29)24-16-19-10-14-22(15-11-19)31-32(35)27(2)25-17-20-8-12-21(30-3)13-9-20/h8-17,23H,18H2,1-7H3/q+1/b24-16+,25-17+. The van der Waals surface area contributed by atoms with Gasteiger partial charge in [0.2, 0.25) is 11.8 Å². The summed E-state index contributed by atoms with van der Waals surface area (Å²) in [5, 5.41) is 10.1. The summed E-state index contributed by atoms with van der Waals surface area (Å²) < 4.78 is 37.8. The Balaban J connectivity index is 1.94. The lowest BCUT2D eigenvalue weighted by Crippen LogP contribution is -2.25. The largest absolute Gasteiger partial charge is 0.540 e. The summed E-state index contributed by atoms with van der Waals surface area (Å²) in [5.74, 6) is 1.42. The summed E-state index contributed by atoms with van der Waals surface area (Å²) in [6.07, 6.45) is 3.42. The maximum Gasteiger partial charge on any atom is 0.540 e. The van der Waals surface area contributed by atoms with Crippen LogP contribution in [0.2, 0.25) is 0 Å². The first-order chi connectivity index (χ1) is 16.3. The SMILES string of the molecule is COc1ccc(/C=N/N(C)[P+](=S)Oc2ccc(/C=N/N(C)CC(P(C)(C)=O)P(C)(C)=O)cc2)cc1. The van der Waals surface area contributed by atoms with Gasteiger partial charge in [0, 0.05) is 7.05 Å². The highest BCUT2D eigenvalue weighted by atomic mass is 32.4. The number of nitrogens with zero attached hydrogens (tertiary/aromatic N) is 4. The number of hydrogen-bond acceptors (Lipinski definition) is 8. The van der Waals surface area contributed by atoms with Crippen molar-refractivity contribution in [2.24, 2.45) is 10.2 Å². The van der Waals surface area contributed by atoms with Crippen LogP contribution in [0.5, 0.6) is 11.5 Å². The second kappa shape index (κ2) is 12.8. The minimum absolute atomic E-state index is 0.371. The maximum absolute atomic E-state index is 12.6. The van der Waals surface area contributed by atoms with Crippen molar-refractivity contribution in [3.8, 4) is 11.5 Å². The summed E-state index contributed by atoms with van der Waals surface area (Å²) in [7, 11) is -1.24. The zero-order chi connectivity index (χ0) is 26.2. The topological polar surface area (TPSA) is 83.8 Å². The van der Waals surface area contributed by atoms with Crippen LogP contribution in [0.3, 0.4) is 0 Å². The molecule has 2 aromatic rings. The smallest absolute Gasteiger partial charge is 0.497 e. The molecule has 0 aliphatic carbocycles. The van der Waals surface area contributed by atoms with Crippen molar-refractivity contribution in [2.75, 3.05) is 54.4 Å². The van der Waals surface area contributed by atoms with E-state index < -0.39 is 21.4 Å². The third-order valence-corrected chi connectivity index (χ3v) is 13.5. The minimum atomic E-state index is -2.52. The normalized spacial score (nSPS) is 12.9. The fourth-order valence-corrected chi connectivity index (χ4v) is 10.7. The van der Waals surface area contributed by atoms with Gasteiger partial charge in [0.05, 0.1) is 52.8 Å². The Kier molecular flexibility index (Phi) is 10.7. The van der Waals surface area contributed by atoms with Crippen molar-refractivity contribution in [3.63, 3.8) is 0 Å². The zero-order valence-corrected chi connectivity index (χ0v) is 24.7. The van der Waals surface area contributed by atoms with Crippen LogP contribution in [0.25, 0.3) is 0 Å². The number of ether oxygens (including phenoxy) is 1. The summed E-state index contributed by atoms with van der Waals surface area (Å²) in [5.41, 5.74) is 1.80. The predicted molar refractivity (Wildman–Crippen MR) is 153 cm³/mol. The molecular formula is C23H34N4O4P3S+. The van der Waals surface area contributed by atoms with Gasteiger partial charge >= 0.3 is 7.07 Å². The first-order valence-corrected chi connectivity index (χ1v) is 18.4. The molecule has 0 saturated heterocycles. The Labute approximate surface area is 214 Å². The summed E-state index contributed by atoms with van der Waals surface area (Å²) >= 11 is 5.47. The lowest BCUT2D eigenvalue weighted by Gasteiger charge is -2.28. The fourth-order valence-electron chi connectivity index (χ4n) is 3.16. The van der Waals surface area contributed by atoms with Gasteiger partial charge in [-0.05, 0) is 86.3 Å². The number of methoxy groups -OCH3 is 1. The molecule has 0 spiro atoms. The third kappa shape index (κ3) is 9.85. The minimum Gasteiger partial charge on any atom is -0.497 e. The summed E-state index contributed by atoms with van der Waals surface area (Å²) in [4.78, 5) is 0. The Morgan fingerprint density at radius 1 is 0.886 bits per heavy atom. The van der Waals surface area contributed by atoms with E-state index in [0.29, 0.717) is 12.3 Å². The molecule has 0 fully saturated rings. The van der Waals surface area contributed by atoms with Crippen LogP contribution in [-0.2, 0) is 20.9 Å². The molecule has 190 valence electrons. The van der Waals surface area contributed by atoms with Crippen LogP contribution in [-0.4, -0.2) is 82.0 Å². The molecule has 0 bridgehead atoms. The van der Waals surface area contributed by atoms with Crippen LogP contribution in [0.15, 0.2) is 58.7 Å². The van der Waals surface area contributed by atoms with E-state index in [1.807, 2.05) is 48.5 Å². The highest BCUT2D eigenvalue weighted by Crippen LogP contribution is 2.61. The Morgan fingerprint density at radius 2 is 1.34 bits per heavy atom. The summed E-state index contributed by atoms with van der Waals surface area (Å²) in [6, 6.07) is 15.0. The van der Waals surface area contributed by atoms with Gasteiger partial charge in [0.1, 0.15) is 5.75 Å². The molecule has 35 heavy (non-hydrogen) atoms. The van der Waals surface area contributed by atoms with Crippen LogP contribution < -0.4 is 9.26 Å². The van der Waals surface area contributed by atoms with Crippen LogP contribution >= 0.6 is 21.4 Å². The Hall–Kier alpha value is -2.04. The number of hydrazone groups is 2. The van der Waals surface area contributed by atoms with E-state index in [1.54, 1.807) is 70.1 Å². The molecule has 0 saturated carbocycles. The molecule has 0 radical (unpaired) electrons. The number of hydrogen-bond donors (Lipinski definition) is 0. The molecule has 2 aromatic carbocycles. The van der Waals surface area contributed by atoms with Gasteiger partial charge < -0.3 is 13.9 Å². The molecule has 12 heteroatoms. The van der Waals surface area contributed by atoms with Crippen LogP contribution in [0.1, 0.15) is 11.1 Å². The molecule has 0 heterocycles. The second-order valence-corrected chi connectivity index (χ2v) is 18.4. The van der Waals surface area contributed by atoms with E-state index in [0.717, 1.165) is 16.9 Å². The predicted octanol–water partition coefficient (Wildman–Crippen LogP) is 5.65. The lowest BCUT2D eigenvalue weighted by molar-refractivity contribution is 0.367. The fraction of sp³-hybridized carbons (Fsp3) is 0.391. The number of rotatable bonds is 12. The van der Waals surface area contributed by atoms with Gasteiger partial charge in [-0.2, -0.15) is 5.10 Å². The molecule has 0 amide bonds. The molecule has 0 aliphatic rings. The van der Waals surface area contributed by atoms with E-state index in [-0.39, 0.29) is 5.40 Å². The van der Waals surface area contributed by atoms with Crippen molar-refractivity contribution in [1.29, 1.82) is 0 Å². The monoisotopic (exact) mass is 555 g/mol. The lowest BCUT2D eigenvalue weighted by atomic mass is 10.2. The van der Waals surface area contributed by atoms with Crippen LogP contribution in [0.4, 0.5) is 0 Å². The highest BCUT2D eigenvalue weighted by Gasteiger charge is 2.34. The molecule has 0 aliphatic heterocycles. The molecule has 1 atom stereocenters. The Morgan fingerprint density at radius 3 is 1.80 bits per heavy atom. The second-order valence-electron chi connectivity index (χ2n) is 8.84. The van der Waals surface area contributed by atoms with Gasteiger partial charge in [-0.15, -0.1) is 5.10 Å². The molecular weight excluding hydrogens is 521 g/mol. The van der Waals surface area contributed by atoms with Crippen molar-refractivity contribution >= 4 is 45.6 Å². The van der Waals surface area contributed by atoms with Gasteiger partial charge in [-0.1, -0.05) is 4.78 Å². The first kappa shape index (κ1) is 29.2. The van der Waals surface area contributed by atoms with Crippen molar-refractivity contribution in [3.05, 3.63) is 59.7 Å². The molecule has 0 N–H and O–H groups in total. The average Bonchev–Trinajstić information content (AvgIpc) is 2.79. The van der Waals surface area contributed by atoms with Gasteiger partial charge in [-0.3, -0.25) is 9.53 Å². The van der Waals surface area contributed by atoms with Crippen molar-refractivity contribution in [1.82, 2.24) is 9.79 Å². The first-order valence-electron chi connectivity index (χ1n) is 10.8. The van der Waals surface area contributed by atoms with Gasteiger partial charge in [-0.25, -0.2) is 0 Å².